The molecule has 2 aromatic carbocycles. The van der Waals surface area contributed by atoms with Crippen molar-refractivity contribution in [2.24, 2.45) is 5.92 Å². The highest BCUT2D eigenvalue weighted by atomic mass is 35.5. The fourth-order valence-corrected chi connectivity index (χ4v) is 3.13. The molecular weight excluding hydrogens is 350 g/mol. The Morgan fingerprint density at radius 1 is 1.27 bits per heavy atom. The van der Waals surface area contributed by atoms with Crippen molar-refractivity contribution in [1.29, 1.82) is 5.26 Å². The number of nitrogens with one attached hydrogen (secondary N) is 1. The molecule has 0 saturated carbocycles. The first kappa shape index (κ1) is 18.0. The number of hydrogen-bond acceptors (Lipinski definition) is 3. The van der Waals surface area contributed by atoms with E-state index in [0.717, 1.165) is 5.56 Å². The van der Waals surface area contributed by atoms with Crippen molar-refractivity contribution in [2.45, 2.75) is 12.8 Å². The number of rotatable bonds is 5. The van der Waals surface area contributed by atoms with Crippen molar-refractivity contribution >= 4 is 29.1 Å². The van der Waals surface area contributed by atoms with E-state index in [9.17, 15) is 9.59 Å². The first-order valence-corrected chi connectivity index (χ1v) is 8.77. The Balaban J connectivity index is 1.55. The second-order valence-electron chi connectivity index (χ2n) is 6.24. The average molecular weight is 368 g/mol. The SMILES string of the molecule is N#Cc1cccc(N2CC(C(=O)NCCc3ccc(Cl)cc3)CC2=O)c1. The van der Waals surface area contributed by atoms with Crippen molar-refractivity contribution in [3.8, 4) is 6.07 Å². The lowest BCUT2D eigenvalue weighted by molar-refractivity contribution is -0.126. The molecule has 1 N–H and O–H groups in total. The molecule has 2 amide bonds. The van der Waals surface area contributed by atoms with E-state index in [-0.39, 0.29) is 24.2 Å². The zero-order valence-electron chi connectivity index (χ0n) is 14.1. The van der Waals surface area contributed by atoms with Crippen LogP contribution in [0.4, 0.5) is 5.69 Å². The molecule has 3 rings (SSSR count). The normalized spacial score (nSPS) is 16.4. The van der Waals surface area contributed by atoms with Crippen LogP contribution in [0.1, 0.15) is 17.5 Å². The summed E-state index contributed by atoms with van der Waals surface area (Å²) in [5, 5.41) is 12.6. The van der Waals surface area contributed by atoms with Gasteiger partial charge in [-0.05, 0) is 42.3 Å². The summed E-state index contributed by atoms with van der Waals surface area (Å²) in [6.07, 6.45) is 0.890. The molecule has 1 unspecified atom stereocenters. The van der Waals surface area contributed by atoms with Gasteiger partial charge in [-0.1, -0.05) is 29.8 Å². The molecule has 1 saturated heterocycles. The molecular formula is C20H18ClN3O2. The third kappa shape index (κ3) is 4.22. The van der Waals surface area contributed by atoms with Crippen LogP contribution in [0, 0.1) is 17.2 Å². The standard InChI is InChI=1S/C20H18ClN3O2/c21-17-6-4-14(5-7-17)8-9-23-20(26)16-11-19(25)24(13-16)18-3-1-2-15(10-18)12-22/h1-7,10,16H,8-9,11,13H2,(H,23,26). The lowest BCUT2D eigenvalue weighted by Crippen LogP contribution is -2.34. The molecule has 0 radical (unpaired) electrons. The van der Waals surface area contributed by atoms with Crippen molar-refractivity contribution in [2.75, 3.05) is 18.0 Å². The molecule has 0 aromatic heterocycles. The molecule has 26 heavy (non-hydrogen) atoms. The summed E-state index contributed by atoms with van der Waals surface area (Å²) in [5.41, 5.74) is 2.24. The monoisotopic (exact) mass is 367 g/mol. The van der Waals surface area contributed by atoms with E-state index in [1.807, 2.05) is 24.3 Å². The summed E-state index contributed by atoms with van der Waals surface area (Å²) in [5.74, 6) is -0.595. The minimum atomic E-state index is -0.376. The van der Waals surface area contributed by atoms with Gasteiger partial charge in [-0.25, -0.2) is 0 Å². The van der Waals surface area contributed by atoms with E-state index in [1.165, 1.54) is 0 Å². The first-order valence-electron chi connectivity index (χ1n) is 8.39. The predicted octanol–water partition coefficient (Wildman–Crippen LogP) is 2.92. The number of benzene rings is 2. The van der Waals surface area contributed by atoms with Crippen molar-refractivity contribution < 1.29 is 9.59 Å². The Bertz CT molecular complexity index is 858. The maximum absolute atomic E-state index is 12.4. The summed E-state index contributed by atoms with van der Waals surface area (Å²) in [7, 11) is 0. The molecule has 2 aromatic rings. The summed E-state index contributed by atoms with van der Waals surface area (Å²) >= 11 is 5.86. The third-order valence-corrected chi connectivity index (χ3v) is 4.66. The second kappa shape index (κ2) is 8.03. The van der Waals surface area contributed by atoms with E-state index in [2.05, 4.69) is 11.4 Å². The molecule has 0 spiro atoms. The molecule has 5 nitrogen and oxygen atoms in total. The summed E-state index contributed by atoms with van der Waals surface area (Å²) in [6.45, 7) is 0.843. The van der Waals surface area contributed by atoms with Crippen LogP contribution in [0.3, 0.4) is 0 Å². The molecule has 1 heterocycles. The number of amides is 2. The van der Waals surface area contributed by atoms with Crippen LogP contribution in [-0.2, 0) is 16.0 Å². The van der Waals surface area contributed by atoms with Gasteiger partial charge in [0.15, 0.2) is 0 Å². The number of nitriles is 1. The van der Waals surface area contributed by atoms with Crippen LogP contribution in [0.5, 0.6) is 0 Å². The van der Waals surface area contributed by atoms with Gasteiger partial charge >= 0.3 is 0 Å². The van der Waals surface area contributed by atoms with Gasteiger partial charge in [-0.2, -0.15) is 5.26 Å². The van der Waals surface area contributed by atoms with Gasteiger partial charge in [0.25, 0.3) is 0 Å². The zero-order valence-corrected chi connectivity index (χ0v) is 14.9. The Morgan fingerprint density at radius 3 is 2.77 bits per heavy atom. The van der Waals surface area contributed by atoms with Crippen molar-refractivity contribution in [3.05, 3.63) is 64.7 Å². The Kier molecular flexibility index (Phi) is 5.55. The van der Waals surface area contributed by atoms with Gasteiger partial charge in [-0.15, -0.1) is 0 Å². The van der Waals surface area contributed by atoms with Gasteiger partial charge in [0.05, 0.1) is 17.6 Å². The lowest BCUT2D eigenvalue weighted by atomic mass is 10.1. The highest BCUT2D eigenvalue weighted by Crippen LogP contribution is 2.25. The predicted molar refractivity (Wildman–Crippen MR) is 99.8 cm³/mol. The molecule has 1 fully saturated rings. The quantitative estimate of drug-likeness (QED) is 0.883. The molecule has 1 aliphatic heterocycles. The number of carbonyl (C=O) groups excluding carboxylic acids is 2. The Hall–Kier alpha value is -2.84. The van der Waals surface area contributed by atoms with E-state index < -0.39 is 0 Å². The molecule has 1 aliphatic rings. The summed E-state index contributed by atoms with van der Waals surface area (Å²) in [4.78, 5) is 26.2. The Morgan fingerprint density at radius 2 is 2.04 bits per heavy atom. The smallest absolute Gasteiger partial charge is 0.227 e. The van der Waals surface area contributed by atoms with Crippen LogP contribution < -0.4 is 10.2 Å². The number of anilines is 1. The largest absolute Gasteiger partial charge is 0.355 e. The lowest BCUT2D eigenvalue weighted by Gasteiger charge is -2.17. The molecule has 0 aliphatic carbocycles. The Labute approximate surface area is 157 Å². The third-order valence-electron chi connectivity index (χ3n) is 4.41. The van der Waals surface area contributed by atoms with Gasteiger partial charge in [-0.3, -0.25) is 9.59 Å². The number of nitrogens with zero attached hydrogens (tertiary/aromatic N) is 2. The fraction of sp³-hybridized carbons (Fsp3) is 0.250. The van der Waals surface area contributed by atoms with Gasteiger partial charge in [0.2, 0.25) is 11.8 Å². The van der Waals surface area contributed by atoms with Crippen LogP contribution in [0.2, 0.25) is 5.02 Å². The van der Waals surface area contributed by atoms with Crippen LogP contribution >= 0.6 is 11.6 Å². The summed E-state index contributed by atoms with van der Waals surface area (Å²) in [6, 6.07) is 16.4. The van der Waals surface area contributed by atoms with Gasteiger partial charge < -0.3 is 10.2 Å². The highest BCUT2D eigenvalue weighted by molar-refractivity contribution is 6.30. The molecule has 132 valence electrons. The molecule has 1 atom stereocenters. The molecule has 0 bridgehead atoms. The molecule has 6 heteroatoms. The first-order chi connectivity index (χ1) is 12.6. The fourth-order valence-electron chi connectivity index (χ4n) is 3.00. The van der Waals surface area contributed by atoms with Gasteiger partial charge in [0, 0.05) is 30.2 Å². The van der Waals surface area contributed by atoms with Crippen molar-refractivity contribution in [1.82, 2.24) is 5.32 Å². The van der Waals surface area contributed by atoms with E-state index in [4.69, 9.17) is 16.9 Å². The maximum Gasteiger partial charge on any atom is 0.227 e. The highest BCUT2D eigenvalue weighted by Gasteiger charge is 2.35. The van der Waals surface area contributed by atoms with E-state index in [1.54, 1.807) is 29.2 Å². The van der Waals surface area contributed by atoms with Crippen LogP contribution in [0.25, 0.3) is 0 Å². The van der Waals surface area contributed by atoms with E-state index in [0.29, 0.717) is 35.8 Å². The van der Waals surface area contributed by atoms with Gasteiger partial charge in [0.1, 0.15) is 0 Å². The summed E-state index contributed by atoms with van der Waals surface area (Å²) < 4.78 is 0. The van der Waals surface area contributed by atoms with E-state index >= 15 is 0 Å². The minimum absolute atomic E-state index is 0.0991. The van der Waals surface area contributed by atoms with Crippen LogP contribution in [-0.4, -0.2) is 24.9 Å². The number of carbonyl (C=O) groups is 2. The minimum Gasteiger partial charge on any atom is -0.355 e. The topological polar surface area (TPSA) is 73.2 Å². The number of hydrogen-bond donors (Lipinski definition) is 1. The maximum atomic E-state index is 12.4. The van der Waals surface area contributed by atoms with Crippen LogP contribution in [0.15, 0.2) is 48.5 Å². The number of halogens is 1. The average Bonchev–Trinajstić information content (AvgIpc) is 3.05. The zero-order chi connectivity index (χ0) is 18.5. The van der Waals surface area contributed by atoms with Crippen molar-refractivity contribution in [3.63, 3.8) is 0 Å². The second-order valence-corrected chi connectivity index (χ2v) is 6.67.